The van der Waals surface area contributed by atoms with Gasteiger partial charge in [-0.1, -0.05) is 6.92 Å². The van der Waals surface area contributed by atoms with Crippen LogP contribution in [0.2, 0.25) is 0 Å². The van der Waals surface area contributed by atoms with E-state index in [4.69, 9.17) is 4.74 Å². The molecule has 0 amide bonds. The van der Waals surface area contributed by atoms with Crippen molar-refractivity contribution in [2.45, 2.75) is 39.3 Å². The van der Waals surface area contributed by atoms with E-state index in [0.29, 0.717) is 12.1 Å². The van der Waals surface area contributed by atoms with Gasteiger partial charge in [-0.05, 0) is 40.4 Å². The second kappa shape index (κ2) is 8.21. The van der Waals surface area contributed by atoms with Crippen molar-refractivity contribution in [1.29, 1.82) is 0 Å². The summed E-state index contributed by atoms with van der Waals surface area (Å²) in [4.78, 5) is 2.34. The molecule has 0 bridgehead atoms. The van der Waals surface area contributed by atoms with E-state index >= 15 is 0 Å². The van der Waals surface area contributed by atoms with Crippen LogP contribution in [0.25, 0.3) is 0 Å². The van der Waals surface area contributed by atoms with E-state index in [0.717, 1.165) is 19.7 Å². The molecule has 0 radical (unpaired) electrons. The molecule has 2 atom stereocenters. The lowest BCUT2D eigenvalue weighted by Crippen LogP contribution is -2.36. The molecule has 86 valence electrons. The van der Waals surface area contributed by atoms with Crippen molar-refractivity contribution in [2.24, 2.45) is 0 Å². The van der Waals surface area contributed by atoms with Gasteiger partial charge in [0.15, 0.2) is 0 Å². The Balaban J connectivity index is 3.56. The fourth-order valence-electron chi connectivity index (χ4n) is 1.44. The Bertz CT molecular complexity index is 130. The van der Waals surface area contributed by atoms with Gasteiger partial charge in [0.1, 0.15) is 0 Å². The molecule has 14 heavy (non-hydrogen) atoms. The lowest BCUT2D eigenvalue weighted by atomic mass is 10.2. The summed E-state index contributed by atoms with van der Waals surface area (Å²) in [5.74, 6) is 0. The Morgan fingerprint density at radius 1 is 1.36 bits per heavy atom. The molecule has 0 heterocycles. The summed E-state index contributed by atoms with van der Waals surface area (Å²) in [5.41, 5.74) is 0. The second-order valence-corrected chi connectivity index (χ2v) is 4.03. The SMILES string of the molecule is CCNC(C)CCN(C)C(C)COC. The molecule has 0 aliphatic rings. The molecule has 3 heteroatoms. The van der Waals surface area contributed by atoms with E-state index in [2.05, 4.69) is 38.0 Å². The zero-order valence-corrected chi connectivity index (χ0v) is 10.3. The molecule has 0 rings (SSSR count). The summed E-state index contributed by atoms with van der Waals surface area (Å²) < 4.78 is 5.12. The lowest BCUT2D eigenvalue weighted by Gasteiger charge is -2.25. The van der Waals surface area contributed by atoms with Crippen LogP contribution >= 0.6 is 0 Å². The van der Waals surface area contributed by atoms with E-state index in [1.54, 1.807) is 7.11 Å². The largest absolute Gasteiger partial charge is 0.383 e. The number of likely N-dealkylation sites (N-methyl/N-ethyl adjacent to an activating group) is 1. The fraction of sp³-hybridized carbons (Fsp3) is 1.00. The van der Waals surface area contributed by atoms with Crippen LogP contribution in [-0.2, 0) is 4.74 Å². The van der Waals surface area contributed by atoms with Crippen molar-refractivity contribution in [3.8, 4) is 0 Å². The fourth-order valence-corrected chi connectivity index (χ4v) is 1.44. The maximum atomic E-state index is 5.12. The first-order valence-corrected chi connectivity index (χ1v) is 5.54. The van der Waals surface area contributed by atoms with Gasteiger partial charge in [0.2, 0.25) is 0 Å². The van der Waals surface area contributed by atoms with Crippen LogP contribution in [-0.4, -0.2) is 50.8 Å². The van der Waals surface area contributed by atoms with Gasteiger partial charge >= 0.3 is 0 Å². The maximum absolute atomic E-state index is 5.12. The molecule has 2 unspecified atom stereocenters. The number of hydrogen-bond acceptors (Lipinski definition) is 3. The molecule has 1 N–H and O–H groups in total. The maximum Gasteiger partial charge on any atom is 0.0615 e. The molecule has 0 aromatic rings. The van der Waals surface area contributed by atoms with Crippen molar-refractivity contribution in [1.82, 2.24) is 10.2 Å². The number of nitrogens with zero attached hydrogens (tertiary/aromatic N) is 1. The van der Waals surface area contributed by atoms with Crippen molar-refractivity contribution in [2.75, 3.05) is 33.9 Å². The molecule has 0 spiro atoms. The number of nitrogens with one attached hydrogen (secondary N) is 1. The summed E-state index contributed by atoms with van der Waals surface area (Å²) in [6, 6.07) is 1.12. The smallest absolute Gasteiger partial charge is 0.0615 e. The number of methoxy groups -OCH3 is 1. The first kappa shape index (κ1) is 13.9. The molecule has 3 nitrogen and oxygen atoms in total. The predicted molar refractivity (Wildman–Crippen MR) is 61.7 cm³/mol. The summed E-state index contributed by atoms with van der Waals surface area (Å²) in [6.07, 6.45) is 1.19. The third-order valence-electron chi connectivity index (χ3n) is 2.63. The third-order valence-corrected chi connectivity index (χ3v) is 2.63. The highest BCUT2D eigenvalue weighted by Gasteiger charge is 2.09. The highest BCUT2D eigenvalue weighted by Crippen LogP contribution is 1.99. The van der Waals surface area contributed by atoms with Gasteiger partial charge in [0.05, 0.1) is 6.61 Å². The van der Waals surface area contributed by atoms with Crippen LogP contribution in [0.15, 0.2) is 0 Å². The Kier molecular flexibility index (Phi) is 8.14. The van der Waals surface area contributed by atoms with Crippen molar-refractivity contribution in [3.63, 3.8) is 0 Å². The topological polar surface area (TPSA) is 24.5 Å². The van der Waals surface area contributed by atoms with Gasteiger partial charge in [-0.3, -0.25) is 0 Å². The van der Waals surface area contributed by atoms with Crippen molar-refractivity contribution >= 4 is 0 Å². The normalized spacial score (nSPS) is 15.9. The third kappa shape index (κ3) is 6.35. The van der Waals surface area contributed by atoms with Crippen molar-refractivity contribution in [3.05, 3.63) is 0 Å². The molecule has 0 aliphatic heterocycles. The Morgan fingerprint density at radius 2 is 2.00 bits per heavy atom. The van der Waals surface area contributed by atoms with Crippen molar-refractivity contribution < 1.29 is 4.74 Å². The minimum absolute atomic E-state index is 0.508. The number of hydrogen-bond donors (Lipinski definition) is 1. The standard InChI is InChI=1S/C11H26N2O/c1-6-12-10(2)7-8-13(4)11(3)9-14-5/h10-12H,6-9H2,1-5H3. The zero-order valence-electron chi connectivity index (χ0n) is 10.3. The second-order valence-electron chi connectivity index (χ2n) is 4.03. The van der Waals surface area contributed by atoms with Crippen LogP contribution in [0.1, 0.15) is 27.2 Å². The monoisotopic (exact) mass is 202 g/mol. The zero-order chi connectivity index (χ0) is 11.0. The predicted octanol–water partition coefficient (Wildman–Crippen LogP) is 1.34. The molecule has 0 aromatic carbocycles. The summed E-state index contributed by atoms with van der Waals surface area (Å²) >= 11 is 0. The molecule has 0 aliphatic carbocycles. The van der Waals surface area contributed by atoms with E-state index in [-0.39, 0.29) is 0 Å². The highest BCUT2D eigenvalue weighted by atomic mass is 16.5. The van der Waals surface area contributed by atoms with Crippen LogP contribution in [0.5, 0.6) is 0 Å². The van der Waals surface area contributed by atoms with Gasteiger partial charge in [-0.2, -0.15) is 0 Å². The number of rotatable bonds is 8. The summed E-state index contributed by atoms with van der Waals surface area (Å²) in [7, 11) is 3.91. The molecule has 0 saturated heterocycles. The van der Waals surface area contributed by atoms with E-state index < -0.39 is 0 Å². The van der Waals surface area contributed by atoms with E-state index in [9.17, 15) is 0 Å². The summed E-state index contributed by atoms with van der Waals surface area (Å²) in [5, 5.41) is 3.41. The molecule has 0 fully saturated rings. The molecular weight excluding hydrogens is 176 g/mol. The average molecular weight is 202 g/mol. The Morgan fingerprint density at radius 3 is 2.50 bits per heavy atom. The van der Waals surface area contributed by atoms with E-state index in [1.807, 2.05) is 0 Å². The summed E-state index contributed by atoms with van der Waals surface area (Å²) in [6.45, 7) is 9.57. The van der Waals surface area contributed by atoms with Crippen LogP contribution in [0.3, 0.4) is 0 Å². The van der Waals surface area contributed by atoms with Crippen LogP contribution < -0.4 is 5.32 Å². The van der Waals surface area contributed by atoms with Gasteiger partial charge in [0, 0.05) is 19.2 Å². The van der Waals surface area contributed by atoms with Gasteiger partial charge in [0.25, 0.3) is 0 Å². The Labute approximate surface area is 88.8 Å². The van der Waals surface area contributed by atoms with Gasteiger partial charge in [-0.25, -0.2) is 0 Å². The minimum Gasteiger partial charge on any atom is -0.383 e. The highest BCUT2D eigenvalue weighted by molar-refractivity contribution is 4.66. The minimum atomic E-state index is 0.508. The van der Waals surface area contributed by atoms with Gasteiger partial charge < -0.3 is 15.0 Å². The van der Waals surface area contributed by atoms with Crippen LogP contribution in [0, 0.1) is 0 Å². The van der Waals surface area contributed by atoms with Gasteiger partial charge in [-0.15, -0.1) is 0 Å². The van der Waals surface area contributed by atoms with E-state index in [1.165, 1.54) is 6.42 Å². The number of ether oxygens (including phenoxy) is 1. The first-order chi connectivity index (χ1) is 6.61. The lowest BCUT2D eigenvalue weighted by molar-refractivity contribution is 0.113. The first-order valence-electron chi connectivity index (χ1n) is 5.54. The molecule has 0 saturated carbocycles. The Hall–Kier alpha value is -0.120. The quantitative estimate of drug-likeness (QED) is 0.643. The molecule has 0 aromatic heterocycles. The van der Waals surface area contributed by atoms with Crippen LogP contribution in [0.4, 0.5) is 0 Å². The average Bonchev–Trinajstić information content (AvgIpc) is 2.15. The molecular formula is C11H26N2O.